The number of nitrogens with zero attached hydrogens (tertiary/aromatic N) is 1. The maximum Gasteiger partial charge on any atom is 0.0672 e. The van der Waals surface area contributed by atoms with Crippen LogP contribution in [0.2, 0.25) is 0 Å². The second kappa shape index (κ2) is 5.68. The van der Waals surface area contributed by atoms with E-state index < -0.39 is 0 Å². The van der Waals surface area contributed by atoms with Crippen LogP contribution in [0.15, 0.2) is 0 Å². The Hall–Kier alpha value is -0.550. The van der Waals surface area contributed by atoms with Crippen LogP contribution in [0, 0.1) is 23.2 Å². The van der Waals surface area contributed by atoms with Crippen molar-refractivity contribution in [3.05, 3.63) is 0 Å². The molecule has 2 heteroatoms. The predicted octanol–water partition coefficient (Wildman–Crippen LogP) is 3.24. The molecule has 0 spiro atoms. The van der Waals surface area contributed by atoms with Gasteiger partial charge in [-0.2, -0.15) is 5.26 Å². The van der Waals surface area contributed by atoms with E-state index in [1.807, 2.05) is 0 Å². The molecule has 0 aromatic heterocycles. The predicted molar refractivity (Wildman–Crippen MR) is 65.9 cm³/mol. The summed E-state index contributed by atoms with van der Waals surface area (Å²) in [6.07, 6.45) is 10.2. The van der Waals surface area contributed by atoms with Gasteiger partial charge in [0, 0.05) is 12.1 Å². The van der Waals surface area contributed by atoms with Crippen LogP contribution in [0.3, 0.4) is 0 Å². The van der Waals surface area contributed by atoms with Crippen molar-refractivity contribution in [2.45, 2.75) is 70.4 Å². The van der Waals surface area contributed by atoms with Crippen LogP contribution in [-0.4, -0.2) is 12.1 Å². The molecule has 0 aromatic rings. The lowest BCUT2D eigenvalue weighted by molar-refractivity contribution is 0.345. The lowest BCUT2D eigenvalue weighted by Gasteiger charge is -2.25. The van der Waals surface area contributed by atoms with Crippen LogP contribution in [-0.2, 0) is 0 Å². The molecule has 2 nitrogen and oxygen atoms in total. The fraction of sp³-hybridized carbons (Fsp3) is 0.929. The van der Waals surface area contributed by atoms with E-state index in [4.69, 9.17) is 0 Å². The molecule has 2 saturated carbocycles. The molecular formula is C14H24N2. The second-order valence-corrected chi connectivity index (χ2v) is 5.76. The van der Waals surface area contributed by atoms with Crippen LogP contribution < -0.4 is 5.32 Å². The second-order valence-electron chi connectivity index (χ2n) is 5.76. The lowest BCUT2D eigenvalue weighted by Crippen LogP contribution is -2.41. The first-order valence-electron chi connectivity index (χ1n) is 6.95. The van der Waals surface area contributed by atoms with Gasteiger partial charge in [-0.15, -0.1) is 0 Å². The van der Waals surface area contributed by atoms with Gasteiger partial charge in [0.1, 0.15) is 0 Å². The average Bonchev–Trinajstić information content (AvgIpc) is 2.56. The average molecular weight is 220 g/mol. The summed E-state index contributed by atoms with van der Waals surface area (Å²) in [4.78, 5) is 0. The summed E-state index contributed by atoms with van der Waals surface area (Å²) in [5.41, 5.74) is 0. The number of rotatable bonds is 2. The molecule has 0 heterocycles. The Morgan fingerprint density at radius 1 is 1.06 bits per heavy atom. The van der Waals surface area contributed by atoms with Gasteiger partial charge in [0.15, 0.2) is 0 Å². The zero-order valence-electron chi connectivity index (χ0n) is 10.4. The van der Waals surface area contributed by atoms with E-state index in [9.17, 15) is 5.26 Å². The van der Waals surface area contributed by atoms with Crippen molar-refractivity contribution in [3.8, 4) is 6.07 Å². The van der Waals surface area contributed by atoms with Gasteiger partial charge in [-0.1, -0.05) is 26.2 Å². The summed E-state index contributed by atoms with van der Waals surface area (Å²) in [6.45, 7) is 2.34. The summed E-state index contributed by atoms with van der Waals surface area (Å²) >= 11 is 0. The minimum atomic E-state index is 0.262. The third-order valence-electron chi connectivity index (χ3n) is 4.33. The third kappa shape index (κ3) is 2.98. The Morgan fingerprint density at radius 3 is 2.56 bits per heavy atom. The summed E-state index contributed by atoms with van der Waals surface area (Å²) in [6, 6.07) is 3.68. The van der Waals surface area contributed by atoms with Crippen LogP contribution in [0.25, 0.3) is 0 Å². The number of hydrogen-bond acceptors (Lipinski definition) is 2. The SMILES string of the molecule is CC1CCC(NC2CCCCCC2C#N)C1. The molecule has 0 saturated heterocycles. The number of hydrogen-bond donors (Lipinski definition) is 1. The fourth-order valence-electron chi connectivity index (χ4n) is 3.32. The molecule has 4 unspecified atom stereocenters. The molecular weight excluding hydrogens is 196 g/mol. The minimum absolute atomic E-state index is 0.262. The quantitative estimate of drug-likeness (QED) is 0.725. The monoisotopic (exact) mass is 220 g/mol. The lowest BCUT2D eigenvalue weighted by atomic mass is 9.95. The van der Waals surface area contributed by atoms with Crippen LogP contribution in [0.1, 0.15) is 58.3 Å². The van der Waals surface area contributed by atoms with Gasteiger partial charge < -0.3 is 5.32 Å². The van der Waals surface area contributed by atoms with Gasteiger partial charge in [0.2, 0.25) is 0 Å². The van der Waals surface area contributed by atoms with Gasteiger partial charge in [-0.25, -0.2) is 0 Å². The minimum Gasteiger partial charge on any atom is -0.310 e. The summed E-state index contributed by atoms with van der Waals surface area (Å²) in [7, 11) is 0. The first-order valence-corrected chi connectivity index (χ1v) is 6.95. The van der Waals surface area contributed by atoms with Crippen LogP contribution in [0.5, 0.6) is 0 Å². The van der Waals surface area contributed by atoms with Crippen molar-refractivity contribution in [2.75, 3.05) is 0 Å². The van der Waals surface area contributed by atoms with Crippen LogP contribution in [0.4, 0.5) is 0 Å². The molecule has 4 atom stereocenters. The highest BCUT2D eigenvalue weighted by molar-refractivity contribution is 4.95. The van der Waals surface area contributed by atoms with Gasteiger partial charge in [-0.05, 0) is 38.0 Å². The van der Waals surface area contributed by atoms with Crippen LogP contribution >= 0.6 is 0 Å². The Labute approximate surface area is 99.4 Å². The molecule has 0 bridgehead atoms. The first kappa shape index (κ1) is 11.9. The van der Waals surface area contributed by atoms with Gasteiger partial charge in [0.25, 0.3) is 0 Å². The topological polar surface area (TPSA) is 35.8 Å². The zero-order valence-corrected chi connectivity index (χ0v) is 10.4. The molecule has 0 aliphatic heterocycles. The number of nitriles is 1. The van der Waals surface area contributed by atoms with E-state index in [0.717, 1.165) is 12.3 Å². The highest BCUT2D eigenvalue weighted by Gasteiger charge is 2.28. The highest BCUT2D eigenvalue weighted by atomic mass is 15.0. The maximum absolute atomic E-state index is 9.22. The Morgan fingerprint density at radius 2 is 1.88 bits per heavy atom. The normalized spacial score (nSPS) is 40.2. The number of nitrogens with one attached hydrogen (secondary N) is 1. The summed E-state index contributed by atoms with van der Waals surface area (Å²) in [5, 5.41) is 13.0. The molecule has 2 rings (SSSR count). The molecule has 0 radical (unpaired) electrons. The zero-order chi connectivity index (χ0) is 11.4. The summed E-state index contributed by atoms with van der Waals surface area (Å²) in [5.74, 6) is 1.14. The third-order valence-corrected chi connectivity index (χ3v) is 4.33. The van der Waals surface area contributed by atoms with Crippen molar-refractivity contribution >= 4 is 0 Å². The van der Waals surface area contributed by atoms with Gasteiger partial charge in [0.05, 0.1) is 12.0 Å². The largest absolute Gasteiger partial charge is 0.310 e. The van der Waals surface area contributed by atoms with Crippen molar-refractivity contribution in [3.63, 3.8) is 0 Å². The molecule has 0 amide bonds. The molecule has 2 aliphatic rings. The van der Waals surface area contributed by atoms with E-state index in [2.05, 4.69) is 18.3 Å². The molecule has 90 valence electrons. The fourth-order valence-corrected chi connectivity index (χ4v) is 3.32. The van der Waals surface area contributed by atoms with Gasteiger partial charge in [-0.3, -0.25) is 0 Å². The maximum atomic E-state index is 9.22. The Balaban J connectivity index is 1.88. The van der Waals surface area contributed by atoms with Gasteiger partial charge >= 0.3 is 0 Å². The summed E-state index contributed by atoms with van der Waals surface area (Å²) < 4.78 is 0. The van der Waals surface area contributed by atoms with Crippen molar-refractivity contribution in [1.29, 1.82) is 5.26 Å². The smallest absolute Gasteiger partial charge is 0.0672 e. The molecule has 2 aliphatic carbocycles. The van der Waals surface area contributed by atoms with E-state index in [0.29, 0.717) is 12.1 Å². The van der Waals surface area contributed by atoms with E-state index >= 15 is 0 Å². The van der Waals surface area contributed by atoms with E-state index in [-0.39, 0.29) is 5.92 Å². The molecule has 0 aromatic carbocycles. The van der Waals surface area contributed by atoms with Crippen molar-refractivity contribution < 1.29 is 0 Å². The Bertz CT molecular complexity index is 256. The van der Waals surface area contributed by atoms with E-state index in [1.54, 1.807) is 0 Å². The Kier molecular flexibility index (Phi) is 4.23. The first-order chi connectivity index (χ1) is 7.79. The standard InChI is InChI=1S/C14H24N2/c1-11-7-8-13(9-11)16-14-6-4-2-3-5-12(14)10-15/h11-14,16H,2-9H2,1H3. The highest BCUT2D eigenvalue weighted by Crippen LogP contribution is 2.28. The molecule has 16 heavy (non-hydrogen) atoms. The molecule has 2 fully saturated rings. The van der Waals surface area contributed by atoms with E-state index in [1.165, 1.54) is 44.9 Å². The molecule has 1 N–H and O–H groups in total. The van der Waals surface area contributed by atoms with Crippen molar-refractivity contribution in [1.82, 2.24) is 5.32 Å². The van der Waals surface area contributed by atoms with Crippen molar-refractivity contribution in [2.24, 2.45) is 11.8 Å².